The zero-order chi connectivity index (χ0) is 14.4. The molecule has 0 aliphatic heterocycles. The van der Waals surface area contributed by atoms with Crippen molar-refractivity contribution < 1.29 is 18.7 Å². The van der Waals surface area contributed by atoms with Crippen molar-refractivity contribution in [2.75, 3.05) is 14.1 Å². The first-order chi connectivity index (χ1) is 8.91. The van der Waals surface area contributed by atoms with Gasteiger partial charge in [-0.05, 0) is 6.07 Å². The molecule has 0 bridgehead atoms. The van der Waals surface area contributed by atoms with Gasteiger partial charge in [0.1, 0.15) is 6.61 Å². The number of rotatable bonds is 4. The molecule has 0 aliphatic carbocycles. The first kappa shape index (κ1) is 15.6. The Bertz CT molecular complexity index is 475. The van der Waals surface area contributed by atoms with E-state index in [0.717, 1.165) is 4.31 Å². The molecule has 0 unspecified atom stereocenters. The predicted octanol–water partition coefficient (Wildman–Crippen LogP) is 3.49. The van der Waals surface area contributed by atoms with Gasteiger partial charge in [-0.3, -0.25) is 0 Å². The number of hydrogen-bond donors (Lipinski definition) is 0. The number of ether oxygens (including phenoxy) is 1. The van der Waals surface area contributed by atoms with Crippen LogP contribution < -0.4 is 0 Å². The summed E-state index contributed by atoms with van der Waals surface area (Å²) in [4.78, 5) is 21.9. The lowest BCUT2D eigenvalue weighted by atomic mass is 10.2. The summed E-state index contributed by atoms with van der Waals surface area (Å²) < 4.78 is 18.9. The van der Waals surface area contributed by atoms with Crippen LogP contribution in [-0.2, 0) is 11.3 Å². The number of halogens is 2. The molecule has 1 rings (SSSR count). The van der Waals surface area contributed by atoms with Crippen molar-refractivity contribution in [3.05, 3.63) is 34.9 Å². The van der Waals surface area contributed by atoms with E-state index < -0.39 is 12.3 Å². The molecular weight excluding hydrogens is 295 g/mol. The van der Waals surface area contributed by atoms with Crippen LogP contribution in [0.2, 0.25) is 5.02 Å². The van der Waals surface area contributed by atoms with Gasteiger partial charge in [0.15, 0.2) is 0 Å². The molecule has 0 aliphatic rings. The Morgan fingerprint density at radius 2 is 1.95 bits per heavy atom. The first-order valence-electron chi connectivity index (χ1n) is 5.17. The van der Waals surface area contributed by atoms with Crippen molar-refractivity contribution in [2.45, 2.75) is 6.61 Å². The van der Waals surface area contributed by atoms with Crippen molar-refractivity contribution in [3.63, 3.8) is 0 Å². The van der Waals surface area contributed by atoms with E-state index >= 15 is 0 Å². The Hall–Kier alpha value is -1.47. The van der Waals surface area contributed by atoms with Crippen LogP contribution in [0.25, 0.3) is 0 Å². The minimum atomic E-state index is -1.66. The molecule has 0 spiro atoms. The maximum atomic E-state index is 12.3. The zero-order valence-corrected chi connectivity index (χ0v) is 11.9. The van der Waals surface area contributed by atoms with Gasteiger partial charge in [-0.25, -0.2) is 18.2 Å². The van der Waals surface area contributed by atoms with Gasteiger partial charge in [0.25, 0.3) is 0 Å². The molecule has 2 amide bonds. The molecular formula is C11H12ClFN2O3S. The Labute approximate surface area is 119 Å². The molecule has 1 aromatic carbocycles. The second-order valence-corrected chi connectivity index (χ2v) is 5.14. The van der Waals surface area contributed by atoms with Crippen LogP contribution in [-0.4, -0.2) is 35.0 Å². The lowest BCUT2D eigenvalue weighted by Gasteiger charge is -2.19. The minimum absolute atomic E-state index is 0.00328. The van der Waals surface area contributed by atoms with Gasteiger partial charge in [0, 0.05) is 24.7 Å². The van der Waals surface area contributed by atoms with Crippen molar-refractivity contribution in [2.24, 2.45) is 0 Å². The zero-order valence-electron chi connectivity index (χ0n) is 10.3. The third-order valence-corrected chi connectivity index (χ3v) is 3.21. The quantitative estimate of drug-likeness (QED) is 0.485. The maximum absolute atomic E-state index is 12.3. The molecule has 5 nitrogen and oxygen atoms in total. The number of nitrogens with zero attached hydrogens (tertiary/aromatic N) is 2. The Morgan fingerprint density at radius 1 is 1.32 bits per heavy atom. The van der Waals surface area contributed by atoms with Crippen LogP contribution >= 0.6 is 23.7 Å². The molecule has 0 atom stereocenters. The molecule has 104 valence electrons. The Balaban J connectivity index is 2.47. The summed E-state index contributed by atoms with van der Waals surface area (Å²) in [6.45, 7) is -0.00328. The third-order valence-electron chi connectivity index (χ3n) is 2.06. The van der Waals surface area contributed by atoms with E-state index in [1.165, 1.54) is 14.1 Å². The number of carbonyl (C=O) groups excluding carboxylic acids is 2. The van der Waals surface area contributed by atoms with Crippen LogP contribution in [0.15, 0.2) is 24.3 Å². The fraction of sp³-hybridized carbons (Fsp3) is 0.273. The molecule has 8 heteroatoms. The van der Waals surface area contributed by atoms with E-state index in [2.05, 4.69) is 0 Å². The van der Waals surface area contributed by atoms with Gasteiger partial charge in [-0.15, -0.1) is 4.39 Å². The van der Waals surface area contributed by atoms with Crippen LogP contribution in [0.1, 0.15) is 5.56 Å². The number of hydrogen-bond acceptors (Lipinski definition) is 4. The third kappa shape index (κ3) is 4.96. The molecule has 0 fully saturated rings. The number of benzene rings is 1. The largest absolute Gasteiger partial charge is 0.444 e. The van der Waals surface area contributed by atoms with E-state index in [-0.39, 0.29) is 6.61 Å². The highest BCUT2D eigenvalue weighted by Gasteiger charge is 2.17. The van der Waals surface area contributed by atoms with Gasteiger partial charge >= 0.3 is 12.3 Å². The summed E-state index contributed by atoms with van der Waals surface area (Å²) in [5, 5.41) is 0.488. The van der Waals surface area contributed by atoms with E-state index in [9.17, 15) is 14.0 Å². The second-order valence-electron chi connectivity index (χ2n) is 3.48. The first-order valence-corrected chi connectivity index (χ1v) is 6.27. The van der Waals surface area contributed by atoms with Crippen LogP contribution in [0.4, 0.5) is 14.0 Å². The van der Waals surface area contributed by atoms with E-state index in [0.29, 0.717) is 27.0 Å². The van der Waals surface area contributed by atoms with Crippen LogP contribution in [0, 0.1) is 0 Å². The SMILES string of the molecule is CN(SN(C)C(=O)OCc1ccccc1Cl)C(=O)F. The maximum Gasteiger partial charge on any atom is 0.421 e. The molecule has 0 aromatic heterocycles. The number of carbonyl (C=O) groups is 2. The lowest BCUT2D eigenvalue weighted by molar-refractivity contribution is 0.125. The van der Waals surface area contributed by atoms with Gasteiger partial charge in [0.05, 0.1) is 12.1 Å². The lowest BCUT2D eigenvalue weighted by Crippen LogP contribution is -2.27. The summed E-state index contributed by atoms with van der Waals surface area (Å²) in [5.74, 6) is 0. The summed E-state index contributed by atoms with van der Waals surface area (Å²) in [6.07, 6.45) is -2.37. The van der Waals surface area contributed by atoms with Crippen molar-refractivity contribution in [3.8, 4) is 0 Å². The second kappa shape index (κ2) is 7.20. The van der Waals surface area contributed by atoms with Crippen molar-refractivity contribution in [1.29, 1.82) is 0 Å². The summed E-state index contributed by atoms with van der Waals surface area (Å²) >= 11 is 6.49. The normalized spacial score (nSPS) is 9.89. The monoisotopic (exact) mass is 306 g/mol. The smallest absolute Gasteiger partial charge is 0.421 e. The van der Waals surface area contributed by atoms with E-state index in [1.807, 2.05) is 0 Å². The highest BCUT2D eigenvalue weighted by atomic mass is 35.5. The van der Waals surface area contributed by atoms with E-state index in [1.54, 1.807) is 24.3 Å². The summed E-state index contributed by atoms with van der Waals surface area (Å²) in [5.41, 5.74) is 0.658. The minimum Gasteiger partial charge on any atom is -0.444 e. The molecule has 0 saturated carbocycles. The topological polar surface area (TPSA) is 49.9 Å². The summed E-state index contributed by atoms with van der Waals surface area (Å²) in [6, 6.07) is 6.93. The average Bonchev–Trinajstić information content (AvgIpc) is 2.37. The predicted molar refractivity (Wildman–Crippen MR) is 71.3 cm³/mol. The Morgan fingerprint density at radius 3 is 2.53 bits per heavy atom. The van der Waals surface area contributed by atoms with Gasteiger partial charge in [-0.2, -0.15) is 0 Å². The highest BCUT2D eigenvalue weighted by Crippen LogP contribution is 2.18. The molecule has 0 heterocycles. The molecule has 0 saturated heterocycles. The standard InChI is InChI=1S/C11H12ClFN2O3S/c1-14(10(13)16)19-15(2)11(17)18-7-8-5-3-4-6-9(8)12/h3-6H,7H2,1-2H3. The Kier molecular flexibility index (Phi) is 5.91. The van der Waals surface area contributed by atoms with Crippen molar-refractivity contribution >= 4 is 36.0 Å². The fourth-order valence-electron chi connectivity index (χ4n) is 1.09. The van der Waals surface area contributed by atoms with Gasteiger partial charge < -0.3 is 4.74 Å². The van der Waals surface area contributed by atoms with Crippen LogP contribution in [0.3, 0.4) is 0 Å². The molecule has 0 radical (unpaired) electrons. The van der Waals surface area contributed by atoms with Crippen molar-refractivity contribution in [1.82, 2.24) is 8.61 Å². The summed E-state index contributed by atoms with van der Waals surface area (Å²) in [7, 11) is 2.56. The number of amides is 2. The highest BCUT2D eigenvalue weighted by molar-refractivity contribution is 7.95. The van der Waals surface area contributed by atoms with E-state index in [4.69, 9.17) is 16.3 Å². The average molecular weight is 307 g/mol. The fourth-order valence-corrected chi connectivity index (χ4v) is 1.84. The molecule has 0 N–H and O–H groups in total. The van der Waals surface area contributed by atoms with Crippen LogP contribution in [0.5, 0.6) is 0 Å². The van der Waals surface area contributed by atoms with Gasteiger partial charge in [0.2, 0.25) is 0 Å². The molecule has 19 heavy (non-hydrogen) atoms. The van der Waals surface area contributed by atoms with Gasteiger partial charge in [-0.1, -0.05) is 29.8 Å². The molecule has 1 aromatic rings.